The molecule has 9 heteroatoms. The Balaban J connectivity index is 2.01. The Labute approximate surface area is 161 Å². The largest absolute Gasteiger partial charge is 0.497 e. The summed E-state index contributed by atoms with van der Waals surface area (Å²) in [4.78, 5) is 34.7. The highest BCUT2D eigenvalue weighted by atomic mass is 16.6. The third kappa shape index (κ3) is 5.44. The molecule has 2 aromatic rings. The SMILES string of the molecule is COc1cccc(CC(=O)O[C@H](C)C(=O)Nc2cc([N+](=O)[O-])ccc2OC)c1. The number of nitro groups is 1. The van der Waals surface area contributed by atoms with Crippen molar-refractivity contribution >= 4 is 23.3 Å². The molecule has 0 fully saturated rings. The van der Waals surface area contributed by atoms with Crippen LogP contribution in [0.1, 0.15) is 12.5 Å². The Morgan fingerprint density at radius 2 is 1.89 bits per heavy atom. The molecule has 0 unspecified atom stereocenters. The molecule has 0 aliphatic rings. The van der Waals surface area contributed by atoms with Gasteiger partial charge >= 0.3 is 5.97 Å². The fourth-order valence-corrected chi connectivity index (χ4v) is 2.38. The fraction of sp³-hybridized carbons (Fsp3) is 0.263. The number of carbonyl (C=O) groups excluding carboxylic acids is 2. The van der Waals surface area contributed by atoms with E-state index in [1.807, 2.05) is 0 Å². The molecule has 9 nitrogen and oxygen atoms in total. The minimum absolute atomic E-state index is 0.0328. The lowest BCUT2D eigenvalue weighted by atomic mass is 10.1. The van der Waals surface area contributed by atoms with E-state index in [0.717, 1.165) is 0 Å². The van der Waals surface area contributed by atoms with Crippen LogP contribution in [0.25, 0.3) is 0 Å². The molecule has 2 rings (SSSR count). The Morgan fingerprint density at radius 1 is 1.14 bits per heavy atom. The van der Waals surface area contributed by atoms with Crippen LogP contribution < -0.4 is 14.8 Å². The Morgan fingerprint density at radius 3 is 2.54 bits per heavy atom. The first-order chi connectivity index (χ1) is 13.3. The van der Waals surface area contributed by atoms with Gasteiger partial charge in [0.1, 0.15) is 11.5 Å². The number of benzene rings is 2. The van der Waals surface area contributed by atoms with Crippen molar-refractivity contribution in [1.82, 2.24) is 0 Å². The van der Waals surface area contributed by atoms with Crippen LogP contribution in [0.3, 0.4) is 0 Å². The smallest absolute Gasteiger partial charge is 0.311 e. The van der Waals surface area contributed by atoms with E-state index in [2.05, 4.69) is 5.32 Å². The van der Waals surface area contributed by atoms with Crippen molar-refractivity contribution < 1.29 is 28.7 Å². The zero-order valence-corrected chi connectivity index (χ0v) is 15.6. The summed E-state index contributed by atoms with van der Waals surface area (Å²) in [6.45, 7) is 1.41. The molecule has 0 heterocycles. The molecule has 28 heavy (non-hydrogen) atoms. The molecule has 1 N–H and O–H groups in total. The number of methoxy groups -OCH3 is 2. The second-order valence-electron chi connectivity index (χ2n) is 5.79. The molecule has 0 radical (unpaired) electrons. The molecule has 0 saturated heterocycles. The maximum absolute atomic E-state index is 12.3. The summed E-state index contributed by atoms with van der Waals surface area (Å²) in [7, 11) is 2.89. The van der Waals surface area contributed by atoms with Gasteiger partial charge in [-0.05, 0) is 30.7 Å². The van der Waals surface area contributed by atoms with Crippen molar-refractivity contribution in [1.29, 1.82) is 0 Å². The predicted octanol–water partition coefficient (Wildman–Crippen LogP) is 2.72. The molecule has 2 aromatic carbocycles. The number of nitro benzene ring substituents is 1. The van der Waals surface area contributed by atoms with Crippen molar-refractivity contribution in [3.05, 3.63) is 58.1 Å². The molecule has 0 aliphatic carbocycles. The van der Waals surface area contributed by atoms with Gasteiger partial charge in [0.25, 0.3) is 11.6 Å². The van der Waals surface area contributed by atoms with E-state index < -0.39 is 22.9 Å². The lowest BCUT2D eigenvalue weighted by Gasteiger charge is -2.15. The van der Waals surface area contributed by atoms with E-state index in [9.17, 15) is 19.7 Å². The number of hydrogen-bond donors (Lipinski definition) is 1. The summed E-state index contributed by atoms with van der Waals surface area (Å²) in [5, 5.41) is 13.4. The highest BCUT2D eigenvalue weighted by Gasteiger charge is 2.21. The van der Waals surface area contributed by atoms with Crippen molar-refractivity contribution in [2.24, 2.45) is 0 Å². The van der Waals surface area contributed by atoms with Gasteiger partial charge in [0.05, 0.1) is 31.3 Å². The van der Waals surface area contributed by atoms with Crippen LogP contribution in [0.5, 0.6) is 11.5 Å². The third-order valence-electron chi connectivity index (χ3n) is 3.81. The summed E-state index contributed by atoms with van der Waals surface area (Å²) >= 11 is 0. The summed E-state index contributed by atoms with van der Waals surface area (Å²) in [6.07, 6.45) is -1.14. The molecule has 1 amide bonds. The number of anilines is 1. The van der Waals surface area contributed by atoms with Gasteiger partial charge in [-0.1, -0.05) is 12.1 Å². The van der Waals surface area contributed by atoms with E-state index >= 15 is 0 Å². The third-order valence-corrected chi connectivity index (χ3v) is 3.81. The first-order valence-corrected chi connectivity index (χ1v) is 8.29. The number of ether oxygens (including phenoxy) is 3. The van der Waals surface area contributed by atoms with Gasteiger partial charge in [-0.15, -0.1) is 0 Å². The van der Waals surface area contributed by atoms with Crippen molar-refractivity contribution in [3.63, 3.8) is 0 Å². The average molecular weight is 388 g/mol. The molecule has 0 saturated carbocycles. The standard InChI is InChI=1S/C19H20N2O7/c1-12(28-18(22)10-13-5-4-6-15(9-13)26-2)19(23)20-16-11-14(21(24)25)7-8-17(16)27-3/h4-9,11-12H,10H2,1-3H3,(H,20,23)/t12-/m1/s1. The van der Waals surface area contributed by atoms with Gasteiger partial charge < -0.3 is 19.5 Å². The summed E-state index contributed by atoms with van der Waals surface area (Å²) in [5.41, 5.74) is 0.577. The fourth-order valence-electron chi connectivity index (χ4n) is 2.38. The molecular weight excluding hydrogens is 368 g/mol. The van der Waals surface area contributed by atoms with E-state index in [4.69, 9.17) is 14.2 Å². The maximum Gasteiger partial charge on any atom is 0.311 e. The molecule has 0 aromatic heterocycles. The second kappa shape index (κ2) is 9.36. The highest BCUT2D eigenvalue weighted by Crippen LogP contribution is 2.29. The van der Waals surface area contributed by atoms with Crippen LogP contribution in [-0.2, 0) is 20.7 Å². The number of carbonyl (C=O) groups is 2. The van der Waals surface area contributed by atoms with Gasteiger partial charge in [0, 0.05) is 12.1 Å². The number of hydrogen-bond acceptors (Lipinski definition) is 7. The van der Waals surface area contributed by atoms with Crippen LogP contribution in [0.15, 0.2) is 42.5 Å². The monoisotopic (exact) mass is 388 g/mol. The zero-order valence-electron chi connectivity index (χ0n) is 15.6. The molecule has 0 spiro atoms. The molecule has 148 valence electrons. The van der Waals surface area contributed by atoms with Gasteiger partial charge in [-0.25, -0.2) is 0 Å². The van der Waals surface area contributed by atoms with Crippen molar-refractivity contribution in [3.8, 4) is 11.5 Å². The number of esters is 1. The van der Waals surface area contributed by atoms with Crippen LogP contribution in [-0.4, -0.2) is 37.1 Å². The summed E-state index contributed by atoms with van der Waals surface area (Å²) in [6, 6.07) is 10.7. The Kier molecular flexibility index (Phi) is 6.91. The maximum atomic E-state index is 12.3. The van der Waals surface area contributed by atoms with Crippen LogP contribution >= 0.6 is 0 Å². The van der Waals surface area contributed by atoms with E-state index in [1.165, 1.54) is 39.3 Å². The lowest BCUT2D eigenvalue weighted by molar-refractivity contribution is -0.384. The van der Waals surface area contributed by atoms with Crippen LogP contribution in [0.4, 0.5) is 11.4 Å². The van der Waals surface area contributed by atoms with Crippen LogP contribution in [0.2, 0.25) is 0 Å². The molecule has 0 bridgehead atoms. The van der Waals surface area contributed by atoms with Gasteiger partial charge in [0.2, 0.25) is 0 Å². The van der Waals surface area contributed by atoms with E-state index in [-0.39, 0.29) is 23.5 Å². The van der Waals surface area contributed by atoms with E-state index in [0.29, 0.717) is 11.3 Å². The van der Waals surface area contributed by atoms with E-state index in [1.54, 1.807) is 24.3 Å². The number of nitrogens with zero attached hydrogens (tertiary/aromatic N) is 1. The van der Waals surface area contributed by atoms with Gasteiger partial charge in [-0.2, -0.15) is 0 Å². The number of rotatable bonds is 8. The second-order valence-corrected chi connectivity index (χ2v) is 5.79. The normalized spacial score (nSPS) is 11.2. The predicted molar refractivity (Wildman–Crippen MR) is 101 cm³/mol. The molecular formula is C19H20N2O7. The number of non-ortho nitro benzene ring substituents is 1. The number of nitrogens with one attached hydrogen (secondary N) is 1. The van der Waals surface area contributed by atoms with Crippen molar-refractivity contribution in [2.75, 3.05) is 19.5 Å². The summed E-state index contributed by atoms with van der Waals surface area (Å²) < 4.78 is 15.3. The molecule has 1 atom stereocenters. The average Bonchev–Trinajstić information content (AvgIpc) is 2.67. The van der Waals surface area contributed by atoms with Gasteiger partial charge in [-0.3, -0.25) is 19.7 Å². The lowest BCUT2D eigenvalue weighted by Crippen LogP contribution is -2.30. The minimum Gasteiger partial charge on any atom is -0.497 e. The van der Waals surface area contributed by atoms with Crippen molar-refractivity contribution in [2.45, 2.75) is 19.4 Å². The topological polar surface area (TPSA) is 117 Å². The highest BCUT2D eigenvalue weighted by molar-refractivity contribution is 5.96. The Hall–Kier alpha value is -3.62. The molecule has 0 aliphatic heterocycles. The zero-order chi connectivity index (χ0) is 20.7. The van der Waals surface area contributed by atoms with Gasteiger partial charge in [0.15, 0.2) is 6.10 Å². The summed E-state index contributed by atoms with van der Waals surface area (Å²) in [5.74, 6) is -0.387. The minimum atomic E-state index is -1.11. The number of amides is 1. The first kappa shape index (κ1) is 20.7. The first-order valence-electron chi connectivity index (χ1n) is 8.29. The quantitative estimate of drug-likeness (QED) is 0.420. The Bertz CT molecular complexity index is 882. The van der Waals surface area contributed by atoms with Crippen LogP contribution in [0, 0.1) is 10.1 Å².